The van der Waals surface area contributed by atoms with Crippen molar-refractivity contribution in [3.63, 3.8) is 0 Å². The van der Waals surface area contributed by atoms with Crippen LogP contribution in [0.15, 0.2) is 102 Å². The number of aliphatic hydroxyl groups is 1. The molecule has 71 heavy (non-hydrogen) atoms. The van der Waals surface area contributed by atoms with Crippen LogP contribution in [0.5, 0.6) is 23.0 Å². The van der Waals surface area contributed by atoms with Gasteiger partial charge in [0, 0.05) is 53.6 Å². The quantitative estimate of drug-likeness (QED) is 0.0620. The van der Waals surface area contributed by atoms with Crippen molar-refractivity contribution in [3.05, 3.63) is 125 Å². The van der Waals surface area contributed by atoms with Gasteiger partial charge in [0.2, 0.25) is 17.7 Å². The Hall–Kier alpha value is -6.93. The van der Waals surface area contributed by atoms with Crippen molar-refractivity contribution in [2.24, 2.45) is 16.2 Å². The van der Waals surface area contributed by atoms with E-state index in [4.69, 9.17) is 35.0 Å². The lowest BCUT2D eigenvalue weighted by Crippen LogP contribution is -2.74. The lowest BCUT2D eigenvalue weighted by Gasteiger charge is -2.63. The van der Waals surface area contributed by atoms with Crippen molar-refractivity contribution in [1.82, 2.24) is 25.8 Å². The minimum absolute atomic E-state index is 0.0446. The third-order valence-electron chi connectivity index (χ3n) is 13.0. The van der Waals surface area contributed by atoms with Gasteiger partial charge in [-0.1, -0.05) is 84.3 Å². The number of halogens is 1. The van der Waals surface area contributed by atoms with Crippen LogP contribution in [0.2, 0.25) is 5.02 Å². The summed E-state index contributed by atoms with van der Waals surface area (Å²) in [4.78, 5) is 59.4. The molecule has 16 nitrogen and oxygen atoms in total. The zero-order chi connectivity index (χ0) is 51.3. The Balaban J connectivity index is 0.823. The Morgan fingerprint density at radius 1 is 0.915 bits per heavy atom. The summed E-state index contributed by atoms with van der Waals surface area (Å²) < 4.78 is 29.2. The topological polar surface area (TPSA) is 215 Å². The van der Waals surface area contributed by atoms with E-state index in [1.165, 1.54) is 11.3 Å². The Kier molecular flexibility index (Phi) is 15.8. The van der Waals surface area contributed by atoms with Gasteiger partial charge in [-0.25, -0.2) is 4.98 Å². The van der Waals surface area contributed by atoms with E-state index >= 15 is 0 Å². The Morgan fingerprint density at radius 2 is 1.55 bits per heavy atom. The number of nitriles is 1. The van der Waals surface area contributed by atoms with E-state index < -0.39 is 52.2 Å². The maximum atomic E-state index is 14.0. The molecular weight excluding hydrogens is 928 g/mol. The van der Waals surface area contributed by atoms with Gasteiger partial charge >= 0.3 is 0 Å². The van der Waals surface area contributed by atoms with Gasteiger partial charge in [-0.2, -0.15) is 5.26 Å². The van der Waals surface area contributed by atoms with Crippen molar-refractivity contribution < 1.29 is 47.6 Å². The molecule has 2 fully saturated rings. The van der Waals surface area contributed by atoms with Crippen LogP contribution in [0.25, 0.3) is 11.3 Å². The number of aryl methyl sites for hydroxylation is 1. The molecule has 1 aliphatic carbocycles. The largest absolute Gasteiger partial charge is 0.491 e. The molecule has 1 aromatic heterocycles. The number of aromatic nitrogens is 1. The van der Waals surface area contributed by atoms with Crippen molar-refractivity contribution >= 4 is 35.2 Å². The smallest absolute Gasteiger partial charge is 0.251 e. The summed E-state index contributed by atoms with van der Waals surface area (Å²) in [5.41, 5.74) is 1.76. The van der Waals surface area contributed by atoms with Crippen LogP contribution in [-0.4, -0.2) is 95.3 Å². The molecule has 5 aromatic rings. The fraction of sp³-hybridized carbons (Fsp3) is 0.407. The SMILES string of the molecule is Cc1ncoc1-c1ccc(CNC(=O)[C@@H]2C[C@@H](O)CN2C(=O)C(NC(=O)COCCOc2ccc(Oc3ccc(C(=O)N[C@H]4C(C)(C)[C@H](Oc5ccc(C#N)c(Cl)c5)C4(C)C)cc3)cc2)C(C)(C)C)cc1. The molecule has 4 N–H and O–H groups in total. The number of hydrogen-bond acceptors (Lipinski definition) is 12. The zero-order valence-electron chi connectivity index (χ0n) is 41.2. The average Bonchev–Trinajstić information content (AvgIpc) is 3.95. The standard InChI is InChI=1S/C54H61ClN6O10/c1-32-45(69-31-58-32)34-11-9-33(10-12-34)28-57-48(65)43-25-37(62)29-61(43)49(66)46(52(2,3)4)59-44(63)30-67-23-24-68-38-19-21-40(22-20-38)70-39-16-13-35(14-17-39)47(64)60-50-53(5,6)51(54(50,7)8)71-41-18-15-36(27-56)42(55)26-41/h9-22,26,31,37,43,46,50-51,62H,23-25,28-30H2,1-8H3,(H,57,65)(H,59,63)(H,60,64)/t37-,43+,46?,50-,51-/m1/s1. The Bertz CT molecular complexity index is 2730. The third kappa shape index (κ3) is 12.2. The fourth-order valence-electron chi connectivity index (χ4n) is 9.59. The number of nitrogens with one attached hydrogen (secondary N) is 3. The van der Waals surface area contributed by atoms with E-state index in [0.29, 0.717) is 44.9 Å². The second-order valence-electron chi connectivity index (χ2n) is 20.2. The molecule has 0 radical (unpaired) electrons. The van der Waals surface area contributed by atoms with E-state index in [1.54, 1.807) is 66.7 Å². The third-order valence-corrected chi connectivity index (χ3v) is 13.4. The summed E-state index contributed by atoms with van der Waals surface area (Å²) in [5, 5.41) is 29.0. The molecule has 2 heterocycles. The number of carbonyl (C=O) groups is 4. The van der Waals surface area contributed by atoms with Crippen molar-refractivity contribution in [2.75, 3.05) is 26.4 Å². The summed E-state index contributed by atoms with van der Waals surface area (Å²) >= 11 is 6.24. The highest BCUT2D eigenvalue weighted by atomic mass is 35.5. The highest BCUT2D eigenvalue weighted by Crippen LogP contribution is 2.55. The van der Waals surface area contributed by atoms with Crippen LogP contribution in [-0.2, 0) is 25.7 Å². The first-order valence-corrected chi connectivity index (χ1v) is 23.8. The maximum absolute atomic E-state index is 14.0. The molecule has 7 rings (SSSR count). The Morgan fingerprint density at radius 3 is 2.15 bits per heavy atom. The summed E-state index contributed by atoms with van der Waals surface area (Å²) in [7, 11) is 0. The zero-order valence-corrected chi connectivity index (χ0v) is 42.0. The molecule has 0 spiro atoms. The molecule has 1 saturated carbocycles. The number of β-amino-alcohol motifs (C(OH)–C–C–N with tert-alkyl or cyclic N) is 1. The summed E-state index contributed by atoms with van der Waals surface area (Å²) in [5.74, 6) is 1.25. The summed E-state index contributed by atoms with van der Waals surface area (Å²) in [6.07, 6.45) is 0.329. The first kappa shape index (κ1) is 51.9. The number of hydrogen-bond donors (Lipinski definition) is 4. The van der Waals surface area contributed by atoms with E-state index in [1.807, 2.05) is 79.7 Å². The van der Waals surface area contributed by atoms with Gasteiger partial charge in [0.1, 0.15) is 60.5 Å². The normalized spacial score (nSPS) is 19.4. The van der Waals surface area contributed by atoms with E-state index in [9.17, 15) is 29.5 Å². The highest BCUT2D eigenvalue weighted by Gasteiger charge is 2.64. The van der Waals surface area contributed by atoms with Gasteiger partial charge in [0.25, 0.3) is 5.91 Å². The molecule has 374 valence electrons. The number of oxazole rings is 1. The Labute approximate surface area is 419 Å². The summed E-state index contributed by atoms with van der Waals surface area (Å²) in [6, 6.07) is 26.3. The minimum atomic E-state index is -1.00. The minimum Gasteiger partial charge on any atom is -0.491 e. The van der Waals surface area contributed by atoms with Gasteiger partial charge in [0.05, 0.1) is 29.0 Å². The predicted octanol–water partition coefficient (Wildman–Crippen LogP) is 7.78. The predicted molar refractivity (Wildman–Crippen MR) is 265 cm³/mol. The lowest BCUT2D eigenvalue weighted by molar-refractivity contribution is -0.164. The summed E-state index contributed by atoms with van der Waals surface area (Å²) in [6.45, 7) is 15.5. The number of benzene rings is 4. The first-order chi connectivity index (χ1) is 33.6. The van der Waals surface area contributed by atoms with E-state index in [0.717, 1.165) is 16.8 Å². The van der Waals surface area contributed by atoms with Crippen LogP contribution in [0.1, 0.15) is 82.1 Å². The van der Waals surface area contributed by atoms with Crippen molar-refractivity contribution in [2.45, 2.75) is 98.7 Å². The van der Waals surface area contributed by atoms with E-state index in [2.05, 4.69) is 27.0 Å². The molecule has 4 amide bonds. The second-order valence-corrected chi connectivity index (χ2v) is 20.7. The molecular formula is C54H61ClN6O10. The maximum Gasteiger partial charge on any atom is 0.251 e. The van der Waals surface area contributed by atoms with Gasteiger partial charge in [0.15, 0.2) is 12.2 Å². The molecule has 1 aliphatic heterocycles. The molecule has 0 bridgehead atoms. The average molecular weight is 990 g/mol. The van der Waals surface area contributed by atoms with Crippen molar-refractivity contribution in [3.8, 4) is 40.4 Å². The van der Waals surface area contributed by atoms with Crippen LogP contribution >= 0.6 is 11.6 Å². The first-order valence-electron chi connectivity index (χ1n) is 23.5. The molecule has 2 aliphatic rings. The fourth-order valence-corrected chi connectivity index (χ4v) is 9.80. The monoisotopic (exact) mass is 988 g/mol. The number of aliphatic hydroxyl groups excluding tert-OH is 1. The van der Waals surface area contributed by atoms with Crippen LogP contribution < -0.4 is 30.2 Å². The van der Waals surface area contributed by atoms with Crippen LogP contribution in [0, 0.1) is 34.5 Å². The van der Waals surface area contributed by atoms with Gasteiger partial charge in [-0.05, 0) is 78.6 Å². The van der Waals surface area contributed by atoms with Gasteiger partial charge in [-0.15, -0.1) is 0 Å². The van der Waals surface area contributed by atoms with Crippen LogP contribution in [0.4, 0.5) is 0 Å². The lowest BCUT2D eigenvalue weighted by atomic mass is 9.49. The van der Waals surface area contributed by atoms with Crippen LogP contribution in [0.3, 0.4) is 0 Å². The van der Waals surface area contributed by atoms with Gasteiger partial charge < -0.3 is 49.3 Å². The van der Waals surface area contributed by atoms with E-state index in [-0.39, 0.29) is 57.4 Å². The number of ether oxygens (including phenoxy) is 4. The number of amides is 4. The molecule has 1 unspecified atom stereocenters. The number of carbonyl (C=O) groups excluding carboxylic acids is 4. The van der Waals surface area contributed by atoms with Crippen molar-refractivity contribution in [1.29, 1.82) is 5.26 Å². The number of rotatable bonds is 18. The highest BCUT2D eigenvalue weighted by molar-refractivity contribution is 6.31. The van der Waals surface area contributed by atoms with Gasteiger partial charge in [-0.3, -0.25) is 19.2 Å². The number of nitrogens with zero attached hydrogens (tertiary/aromatic N) is 3. The molecule has 3 atom stereocenters. The molecule has 17 heteroatoms. The molecule has 1 saturated heterocycles. The second kappa shape index (κ2) is 21.6. The molecule has 4 aromatic carbocycles. The number of likely N-dealkylation sites (tertiary alicyclic amines) is 1.